The number of piperazine rings is 1. The maximum absolute atomic E-state index is 4.49. The van der Waals surface area contributed by atoms with Crippen molar-refractivity contribution in [2.75, 3.05) is 26.2 Å². The summed E-state index contributed by atoms with van der Waals surface area (Å²) < 4.78 is 0. The molecule has 3 aliphatic rings. The first-order valence-corrected chi connectivity index (χ1v) is 12.6. The average Bonchev–Trinajstić information content (AvgIpc) is 3.75. The Labute approximate surface area is 200 Å². The van der Waals surface area contributed by atoms with Gasteiger partial charge in [0.25, 0.3) is 0 Å². The van der Waals surface area contributed by atoms with Gasteiger partial charge in [0.1, 0.15) is 0 Å². The highest BCUT2D eigenvalue weighted by molar-refractivity contribution is 5.72. The fourth-order valence-corrected chi connectivity index (χ4v) is 5.20. The summed E-state index contributed by atoms with van der Waals surface area (Å²) in [7, 11) is 0. The minimum absolute atomic E-state index is 0.369. The zero-order valence-corrected chi connectivity index (χ0v) is 20.5. The Balaban J connectivity index is 1.25. The molecule has 0 aromatic heterocycles. The van der Waals surface area contributed by atoms with Gasteiger partial charge in [-0.3, -0.25) is 0 Å². The number of rotatable bonds is 8. The lowest BCUT2D eigenvalue weighted by molar-refractivity contribution is 0.196. The van der Waals surface area contributed by atoms with E-state index in [-0.39, 0.29) is 0 Å². The van der Waals surface area contributed by atoms with Crippen LogP contribution in [0.4, 0.5) is 0 Å². The lowest BCUT2D eigenvalue weighted by Gasteiger charge is -2.40. The van der Waals surface area contributed by atoms with E-state index in [1.165, 1.54) is 64.8 Å². The number of hydrogen-bond acceptors (Lipinski definition) is 2. The molecular weight excluding hydrogens is 400 g/mol. The van der Waals surface area contributed by atoms with E-state index in [0.29, 0.717) is 5.41 Å². The molecule has 172 valence electrons. The fraction of sp³-hybridized carbons (Fsp3) is 0.419. The molecule has 3 fully saturated rings. The molecule has 5 rings (SSSR count). The van der Waals surface area contributed by atoms with E-state index in [2.05, 4.69) is 85.8 Å². The highest BCUT2D eigenvalue weighted by Crippen LogP contribution is 2.51. The number of aryl methyl sites for hydroxylation is 1. The van der Waals surface area contributed by atoms with Crippen molar-refractivity contribution in [1.29, 1.82) is 0 Å². The molecule has 2 heteroatoms. The number of benzene rings is 2. The third-order valence-electron chi connectivity index (χ3n) is 8.12. The zero-order chi connectivity index (χ0) is 23.2. The summed E-state index contributed by atoms with van der Waals surface area (Å²) in [5.41, 5.74) is 10.8. The molecule has 0 bridgehead atoms. The van der Waals surface area contributed by atoms with Gasteiger partial charge in [-0.15, -0.1) is 0 Å². The van der Waals surface area contributed by atoms with Crippen molar-refractivity contribution in [2.24, 2.45) is 11.3 Å². The largest absolute Gasteiger partial charge is 0.371 e. The van der Waals surface area contributed by atoms with E-state index >= 15 is 0 Å². The smallest absolute Gasteiger partial charge is 0.0370 e. The monoisotopic (exact) mass is 438 g/mol. The molecule has 33 heavy (non-hydrogen) atoms. The van der Waals surface area contributed by atoms with Gasteiger partial charge < -0.3 is 9.80 Å². The van der Waals surface area contributed by atoms with Crippen LogP contribution in [0.1, 0.15) is 49.3 Å². The predicted molar refractivity (Wildman–Crippen MR) is 141 cm³/mol. The summed E-state index contributed by atoms with van der Waals surface area (Å²) in [6, 6.07) is 15.8. The second-order valence-electron chi connectivity index (χ2n) is 10.8. The molecule has 2 aromatic carbocycles. The highest BCUT2D eigenvalue weighted by atomic mass is 15.3. The standard InChI is InChI=1S/C31H38N2/c1-22(27-9-10-27)19-26-7-6-8-28(21-26)29-11-12-30(23(2)20-29)24(3)32-15-17-33(18-16-32)25(4)31(5)13-14-31/h6-8,11-12,20-21,27H,1,3-4,9-10,13-19H2,2,5H3. The zero-order valence-electron chi connectivity index (χ0n) is 20.5. The van der Waals surface area contributed by atoms with Crippen LogP contribution in [0.15, 0.2) is 73.5 Å². The third kappa shape index (κ3) is 4.67. The summed E-state index contributed by atoms with van der Waals surface area (Å²) in [6.07, 6.45) is 6.24. The van der Waals surface area contributed by atoms with Gasteiger partial charge in [0.05, 0.1) is 0 Å². The van der Waals surface area contributed by atoms with Crippen LogP contribution in [0, 0.1) is 18.3 Å². The maximum atomic E-state index is 4.49. The molecule has 2 nitrogen and oxygen atoms in total. The predicted octanol–water partition coefficient (Wildman–Crippen LogP) is 7.07. The van der Waals surface area contributed by atoms with Crippen LogP contribution in [-0.4, -0.2) is 36.0 Å². The summed E-state index contributed by atoms with van der Waals surface area (Å²) in [5, 5.41) is 0. The van der Waals surface area contributed by atoms with Crippen molar-refractivity contribution < 1.29 is 0 Å². The summed E-state index contributed by atoms with van der Waals surface area (Å²) >= 11 is 0. The summed E-state index contributed by atoms with van der Waals surface area (Å²) in [4.78, 5) is 4.95. The van der Waals surface area contributed by atoms with Crippen LogP contribution < -0.4 is 0 Å². The normalized spacial score (nSPS) is 19.3. The van der Waals surface area contributed by atoms with Crippen molar-refractivity contribution in [3.05, 3.63) is 90.2 Å². The molecule has 1 heterocycles. The molecule has 1 aliphatic heterocycles. The molecule has 2 saturated carbocycles. The van der Waals surface area contributed by atoms with Gasteiger partial charge in [0, 0.05) is 48.6 Å². The van der Waals surface area contributed by atoms with Gasteiger partial charge >= 0.3 is 0 Å². The fourth-order valence-electron chi connectivity index (χ4n) is 5.20. The molecule has 0 N–H and O–H groups in total. The summed E-state index contributed by atoms with van der Waals surface area (Å²) in [6.45, 7) is 21.9. The molecule has 2 aromatic rings. The first-order chi connectivity index (χ1) is 15.8. The van der Waals surface area contributed by atoms with Gasteiger partial charge in [-0.25, -0.2) is 0 Å². The van der Waals surface area contributed by atoms with Crippen molar-refractivity contribution >= 4 is 5.70 Å². The molecule has 0 atom stereocenters. The van der Waals surface area contributed by atoms with Crippen LogP contribution in [0.5, 0.6) is 0 Å². The molecular formula is C31H38N2. The Morgan fingerprint density at radius 1 is 0.909 bits per heavy atom. The molecule has 0 spiro atoms. The molecule has 0 amide bonds. The first kappa shape index (κ1) is 22.1. The van der Waals surface area contributed by atoms with Gasteiger partial charge in [-0.1, -0.05) is 74.7 Å². The first-order valence-electron chi connectivity index (χ1n) is 12.6. The van der Waals surface area contributed by atoms with Gasteiger partial charge in [-0.05, 0) is 67.2 Å². The van der Waals surface area contributed by atoms with E-state index in [9.17, 15) is 0 Å². The van der Waals surface area contributed by atoms with Crippen LogP contribution in [-0.2, 0) is 6.42 Å². The lowest BCUT2D eigenvalue weighted by atomic mass is 9.95. The van der Waals surface area contributed by atoms with E-state index in [0.717, 1.165) is 44.2 Å². The molecule has 1 saturated heterocycles. The van der Waals surface area contributed by atoms with Crippen molar-refractivity contribution in [3.63, 3.8) is 0 Å². The van der Waals surface area contributed by atoms with Crippen LogP contribution >= 0.6 is 0 Å². The van der Waals surface area contributed by atoms with E-state index < -0.39 is 0 Å². The summed E-state index contributed by atoms with van der Waals surface area (Å²) in [5.74, 6) is 0.762. The molecule has 0 unspecified atom stereocenters. The number of nitrogens with zero attached hydrogens (tertiary/aromatic N) is 2. The molecule has 2 aliphatic carbocycles. The average molecular weight is 439 g/mol. The van der Waals surface area contributed by atoms with Crippen LogP contribution in [0.3, 0.4) is 0 Å². The Hall–Kier alpha value is -2.74. The third-order valence-corrected chi connectivity index (χ3v) is 8.12. The van der Waals surface area contributed by atoms with E-state index in [1.807, 2.05) is 0 Å². The molecule has 0 radical (unpaired) electrons. The van der Waals surface area contributed by atoms with Crippen molar-refractivity contribution in [3.8, 4) is 11.1 Å². The van der Waals surface area contributed by atoms with Gasteiger partial charge in [0.15, 0.2) is 0 Å². The van der Waals surface area contributed by atoms with E-state index in [1.54, 1.807) is 0 Å². The number of allylic oxidation sites excluding steroid dienone is 2. The minimum Gasteiger partial charge on any atom is -0.371 e. The van der Waals surface area contributed by atoms with Gasteiger partial charge in [0.2, 0.25) is 0 Å². The highest BCUT2D eigenvalue weighted by Gasteiger charge is 2.42. The van der Waals surface area contributed by atoms with Crippen LogP contribution in [0.25, 0.3) is 16.8 Å². The quantitative estimate of drug-likeness (QED) is 0.407. The topological polar surface area (TPSA) is 6.48 Å². The van der Waals surface area contributed by atoms with Crippen molar-refractivity contribution in [2.45, 2.75) is 46.0 Å². The lowest BCUT2D eigenvalue weighted by Crippen LogP contribution is -2.45. The Bertz CT molecular complexity index is 1090. The van der Waals surface area contributed by atoms with E-state index in [4.69, 9.17) is 0 Å². The Kier molecular flexibility index (Phi) is 5.72. The Morgan fingerprint density at radius 2 is 1.58 bits per heavy atom. The second-order valence-corrected chi connectivity index (χ2v) is 10.8. The van der Waals surface area contributed by atoms with Crippen LogP contribution in [0.2, 0.25) is 0 Å². The minimum atomic E-state index is 0.369. The maximum Gasteiger partial charge on any atom is 0.0370 e. The Morgan fingerprint density at radius 3 is 2.21 bits per heavy atom. The van der Waals surface area contributed by atoms with Crippen molar-refractivity contribution in [1.82, 2.24) is 9.80 Å². The van der Waals surface area contributed by atoms with Gasteiger partial charge in [-0.2, -0.15) is 0 Å². The SMILES string of the molecule is C=C(Cc1cccc(-c2ccc(C(=C)N3CCN(C(=C)C4(C)CC4)CC3)c(C)c2)c1)C1CC1. The second kappa shape index (κ2) is 8.56. The number of hydrogen-bond donors (Lipinski definition) is 0.